The molecule has 3 rings (SSSR count). The highest BCUT2D eigenvalue weighted by Gasteiger charge is 2.24. The van der Waals surface area contributed by atoms with E-state index in [0.717, 1.165) is 23.3 Å². The van der Waals surface area contributed by atoms with E-state index in [2.05, 4.69) is 11.4 Å². The molecule has 2 atom stereocenters. The number of aryl methyl sites for hydroxylation is 2. The lowest BCUT2D eigenvalue weighted by atomic mass is 10.1. The molecular formula is C30H36NO10P. The fourth-order valence-electron chi connectivity index (χ4n) is 3.66. The van der Waals surface area contributed by atoms with Gasteiger partial charge in [0, 0.05) is 12.8 Å². The molecule has 0 aliphatic heterocycles. The van der Waals surface area contributed by atoms with Gasteiger partial charge >= 0.3 is 19.8 Å². The topological polar surface area (TPSA) is 164 Å². The molecule has 0 aliphatic carbocycles. The number of aliphatic carboxylic acids is 1. The van der Waals surface area contributed by atoms with Gasteiger partial charge in [-0.3, -0.25) is 18.6 Å². The Morgan fingerprint density at radius 3 is 2.43 bits per heavy atom. The Morgan fingerprint density at radius 2 is 1.69 bits per heavy atom. The first kappa shape index (κ1) is 32.8. The van der Waals surface area contributed by atoms with Crippen molar-refractivity contribution in [3.8, 4) is 17.2 Å². The first-order chi connectivity index (χ1) is 20.1. The van der Waals surface area contributed by atoms with Crippen molar-refractivity contribution in [1.82, 2.24) is 0 Å². The molecule has 226 valence electrons. The van der Waals surface area contributed by atoms with E-state index in [0.29, 0.717) is 24.5 Å². The lowest BCUT2D eigenvalue weighted by Crippen LogP contribution is -2.34. The molecule has 0 aromatic heterocycles. The van der Waals surface area contributed by atoms with Crippen LogP contribution in [-0.2, 0) is 47.4 Å². The summed E-state index contributed by atoms with van der Waals surface area (Å²) >= 11 is 0. The largest absolute Gasteiger partial charge is 0.489 e. The van der Waals surface area contributed by atoms with Gasteiger partial charge in [-0.15, -0.1) is 0 Å². The molecule has 0 heterocycles. The Bertz CT molecular complexity index is 1350. The Kier molecular flexibility index (Phi) is 13.0. The molecule has 0 fully saturated rings. The molecule has 3 aromatic carbocycles. The van der Waals surface area contributed by atoms with E-state index in [1.165, 1.54) is 5.56 Å². The maximum Gasteiger partial charge on any atom is 0.472 e. The fourth-order valence-corrected chi connectivity index (χ4v) is 4.44. The second kappa shape index (κ2) is 16.6. The van der Waals surface area contributed by atoms with E-state index in [9.17, 15) is 19.0 Å². The number of carbonyl (C=O) groups excluding carboxylic acids is 1. The minimum atomic E-state index is -4.46. The minimum Gasteiger partial charge on any atom is -0.489 e. The number of hydrogen-bond acceptors (Lipinski definition) is 9. The van der Waals surface area contributed by atoms with Crippen molar-refractivity contribution in [3.05, 3.63) is 89.5 Å². The first-order valence-electron chi connectivity index (χ1n) is 13.5. The van der Waals surface area contributed by atoms with E-state index < -0.39 is 32.4 Å². The third-order valence-corrected chi connectivity index (χ3v) is 6.96. The summed E-state index contributed by atoms with van der Waals surface area (Å²) in [5.74, 6) is 0.300. The van der Waals surface area contributed by atoms with E-state index in [4.69, 9.17) is 29.6 Å². The average molecular weight is 602 g/mol. The number of benzene rings is 3. The molecule has 11 nitrogen and oxygen atoms in total. The van der Waals surface area contributed by atoms with Crippen LogP contribution in [0.25, 0.3) is 0 Å². The molecule has 3 aromatic rings. The molecule has 0 aliphatic rings. The molecule has 0 spiro atoms. The van der Waals surface area contributed by atoms with Crippen LogP contribution in [0.4, 0.5) is 0 Å². The molecule has 0 saturated heterocycles. The molecule has 1 unspecified atom stereocenters. The maximum absolute atomic E-state index is 12.2. The monoisotopic (exact) mass is 601 g/mol. The Hall–Kier alpha value is -3.73. The first-order valence-corrected chi connectivity index (χ1v) is 15.0. The summed E-state index contributed by atoms with van der Waals surface area (Å²) in [5.41, 5.74) is 8.23. The van der Waals surface area contributed by atoms with Crippen LogP contribution in [0.15, 0.2) is 72.8 Å². The zero-order valence-corrected chi connectivity index (χ0v) is 24.2. The van der Waals surface area contributed by atoms with Crippen LogP contribution >= 0.6 is 7.82 Å². The van der Waals surface area contributed by atoms with Crippen molar-refractivity contribution in [2.24, 2.45) is 5.73 Å². The fraction of sp³-hybridized carbons (Fsp3) is 0.333. The van der Waals surface area contributed by atoms with Gasteiger partial charge in [-0.05, 0) is 59.9 Å². The maximum atomic E-state index is 12.2. The number of carboxylic acids is 1. The van der Waals surface area contributed by atoms with Crippen molar-refractivity contribution in [1.29, 1.82) is 0 Å². The van der Waals surface area contributed by atoms with Gasteiger partial charge in [0.2, 0.25) is 0 Å². The van der Waals surface area contributed by atoms with Crippen LogP contribution < -0.4 is 15.2 Å². The van der Waals surface area contributed by atoms with Gasteiger partial charge in [-0.1, -0.05) is 49.4 Å². The summed E-state index contributed by atoms with van der Waals surface area (Å²) in [7, 11) is -4.46. The van der Waals surface area contributed by atoms with Gasteiger partial charge in [-0.25, -0.2) is 4.57 Å². The molecule has 12 heteroatoms. The normalized spacial score (nSPS) is 13.1. The highest BCUT2D eigenvalue weighted by molar-refractivity contribution is 7.47. The summed E-state index contributed by atoms with van der Waals surface area (Å²) in [4.78, 5) is 32.4. The standard InChI is InChI=1S/C30H36NO10P/c1-2-22-11-14-25(15-12-22)41-26-9-5-7-23(19-26)20-38-28-10-4-3-8-24(28)13-16-29(32)37-17-6-18-39-42(35,36)40-21-27(31)30(33)34/h3-5,7-12,14-15,19,27H,2,6,13,16-18,20-21,31H2,1H3,(H,33,34)(H,35,36)/t27-/m0/s1. The Morgan fingerprint density at radius 1 is 0.929 bits per heavy atom. The molecule has 0 saturated carbocycles. The summed E-state index contributed by atoms with van der Waals surface area (Å²) < 4.78 is 38.2. The van der Waals surface area contributed by atoms with Crippen LogP contribution in [0.2, 0.25) is 0 Å². The summed E-state index contributed by atoms with van der Waals surface area (Å²) in [6, 6.07) is 21.6. The molecular weight excluding hydrogens is 565 g/mol. The van der Waals surface area contributed by atoms with E-state index in [-0.39, 0.29) is 26.1 Å². The minimum absolute atomic E-state index is 0.0349. The van der Waals surface area contributed by atoms with Crippen molar-refractivity contribution in [3.63, 3.8) is 0 Å². The number of carbonyl (C=O) groups is 2. The number of phosphoric ester groups is 1. The lowest BCUT2D eigenvalue weighted by molar-refractivity contribution is -0.143. The highest BCUT2D eigenvalue weighted by Crippen LogP contribution is 2.43. The smallest absolute Gasteiger partial charge is 0.472 e. The predicted octanol–water partition coefficient (Wildman–Crippen LogP) is 5.03. The van der Waals surface area contributed by atoms with Crippen molar-refractivity contribution >= 4 is 19.8 Å². The van der Waals surface area contributed by atoms with Gasteiger partial charge in [0.1, 0.15) is 29.9 Å². The molecule has 0 amide bonds. The van der Waals surface area contributed by atoms with E-state index >= 15 is 0 Å². The number of rotatable bonds is 18. The number of carboxylic acid groups (broad SMARTS) is 1. The number of nitrogens with two attached hydrogens (primary N) is 1. The van der Waals surface area contributed by atoms with Crippen LogP contribution in [0, 0.1) is 0 Å². The lowest BCUT2D eigenvalue weighted by Gasteiger charge is -2.14. The molecule has 0 radical (unpaired) electrons. The van der Waals surface area contributed by atoms with Gasteiger partial charge in [0.25, 0.3) is 0 Å². The van der Waals surface area contributed by atoms with Crippen molar-refractivity contribution in [2.75, 3.05) is 19.8 Å². The predicted molar refractivity (Wildman–Crippen MR) is 154 cm³/mol. The summed E-state index contributed by atoms with van der Waals surface area (Å²) in [6.45, 7) is 1.46. The number of hydrogen-bond donors (Lipinski definition) is 3. The van der Waals surface area contributed by atoms with Gasteiger partial charge in [-0.2, -0.15) is 0 Å². The van der Waals surface area contributed by atoms with E-state index in [1.54, 1.807) is 0 Å². The molecule has 4 N–H and O–H groups in total. The second-order valence-corrected chi connectivity index (χ2v) is 10.7. The Balaban J connectivity index is 1.40. The average Bonchev–Trinajstić information content (AvgIpc) is 2.98. The zero-order valence-electron chi connectivity index (χ0n) is 23.3. The van der Waals surface area contributed by atoms with Crippen LogP contribution in [0.3, 0.4) is 0 Å². The highest BCUT2D eigenvalue weighted by atomic mass is 31.2. The quantitative estimate of drug-likeness (QED) is 0.102. The third-order valence-electron chi connectivity index (χ3n) is 5.97. The second-order valence-electron chi connectivity index (χ2n) is 9.26. The number of ether oxygens (including phenoxy) is 3. The Labute approximate surface area is 244 Å². The molecule has 0 bridgehead atoms. The number of phosphoric acid groups is 1. The zero-order chi connectivity index (χ0) is 30.4. The van der Waals surface area contributed by atoms with Crippen LogP contribution in [0.5, 0.6) is 17.2 Å². The van der Waals surface area contributed by atoms with E-state index in [1.807, 2.05) is 72.8 Å². The third kappa shape index (κ3) is 11.6. The van der Waals surface area contributed by atoms with Gasteiger partial charge in [0.05, 0.1) is 19.8 Å². The van der Waals surface area contributed by atoms with Gasteiger partial charge < -0.3 is 29.9 Å². The van der Waals surface area contributed by atoms with Crippen molar-refractivity contribution < 1.29 is 47.4 Å². The summed E-state index contributed by atoms with van der Waals surface area (Å²) in [5, 5.41) is 8.67. The van der Waals surface area contributed by atoms with Crippen LogP contribution in [0.1, 0.15) is 36.5 Å². The van der Waals surface area contributed by atoms with Crippen molar-refractivity contribution in [2.45, 2.75) is 45.3 Å². The number of para-hydroxylation sites is 1. The van der Waals surface area contributed by atoms with Crippen LogP contribution in [-0.4, -0.2) is 47.8 Å². The van der Waals surface area contributed by atoms with Gasteiger partial charge in [0.15, 0.2) is 0 Å². The SMILES string of the molecule is CCc1ccc(Oc2cccc(COc3ccccc3CCC(=O)OCCCOP(=O)(O)OC[C@H](N)C(=O)O)c2)cc1. The molecule has 42 heavy (non-hydrogen) atoms. The summed E-state index contributed by atoms with van der Waals surface area (Å²) in [6.07, 6.45) is 1.60. The number of esters is 1.